The predicted molar refractivity (Wildman–Crippen MR) is 46.0 cm³/mol. The first-order valence-electron chi connectivity index (χ1n) is 3.67. The number of rotatable bonds is 3. The summed E-state index contributed by atoms with van der Waals surface area (Å²) in [5, 5.41) is 8.94. The summed E-state index contributed by atoms with van der Waals surface area (Å²) in [7, 11) is 0. The molecule has 0 aliphatic rings. The SMILES string of the molecule is O=C(Cl)c1nc([N+](=O)[O-])c(C(F)F)cc1F. The van der Waals surface area contributed by atoms with Crippen LogP contribution in [0.3, 0.4) is 0 Å². The molecule has 0 fully saturated rings. The van der Waals surface area contributed by atoms with E-state index >= 15 is 0 Å². The van der Waals surface area contributed by atoms with E-state index in [0.717, 1.165) is 0 Å². The third kappa shape index (κ3) is 2.27. The molecule has 5 nitrogen and oxygen atoms in total. The van der Waals surface area contributed by atoms with Gasteiger partial charge in [0.15, 0.2) is 5.82 Å². The Morgan fingerprint density at radius 3 is 2.50 bits per heavy atom. The second-order valence-electron chi connectivity index (χ2n) is 2.56. The Bertz CT molecular complexity index is 466. The smallest absolute Gasteiger partial charge is 0.358 e. The highest BCUT2D eigenvalue weighted by Crippen LogP contribution is 2.28. The summed E-state index contributed by atoms with van der Waals surface area (Å²) in [6, 6.07) is 0.172. The predicted octanol–water partition coefficient (Wildman–Crippen LogP) is 2.45. The summed E-state index contributed by atoms with van der Waals surface area (Å²) >= 11 is 4.87. The monoisotopic (exact) mass is 254 g/mol. The van der Waals surface area contributed by atoms with Gasteiger partial charge in [0.1, 0.15) is 5.56 Å². The Morgan fingerprint density at radius 2 is 2.12 bits per heavy atom. The van der Waals surface area contributed by atoms with E-state index in [-0.39, 0.29) is 6.07 Å². The lowest BCUT2D eigenvalue weighted by atomic mass is 10.2. The number of aromatic nitrogens is 1. The molecule has 0 N–H and O–H groups in total. The molecule has 0 radical (unpaired) electrons. The summed E-state index contributed by atoms with van der Waals surface area (Å²) in [4.78, 5) is 22.5. The zero-order chi connectivity index (χ0) is 12.5. The lowest BCUT2D eigenvalue weighted by Crippen LogP contribution is -2.07. The van der Waals surface area contributed by atoms with E-state index in [9.17, 15) is 28.1 Å². The van der Waals surface area contributed by atoms with Crippen LogP contribution in [0, 0.1) is 15.9 Å². The van der Waals surface area contributed by atoms with E-state index < -0.39 is 39.5 Å². The molecule has 0 atom stereocenters. The Hall–Kier alpha value is -1.70. The van der Waals surface area contributed by atoms with Crippen LogP contribution in [0.2, 0.25) is 0 Å². The molecule has 1 rings (SSSR count). The van der Waals surface area contributed by atoms with Crippen molar-refractivity contribution in [1.29, 1.82) is 0 Å². The first-order valence-corrected chi connectivity index (χ1v) is 4.05. The van der Waals surface area contributed by atoms with E-state index in [1.54, 1.807) is 0 Å². The minimum absolute atomic E-state index is 0.172. The van der Waals surface area contributed by atoms with Crippen LogP contribution < -0.4 is 0 Å². The fourth-order valence-corrected chi connectivity index (χ4v) is 1.07. The maximum atomic E-state index is 13.0. The third-order valence-electron chi connectivity index (χ3n) is 1.58. The lowest BCUT2D eigenvalue weighted by Gasteiger charge is -2.02. The van der Waals surface area contributed by atoms with Gasteiger partial charge in [-0.3, -0.25) is 4.79 Å². The Labute approximate surface area is 91.0 Å². The van der Waals surface area contributed by atoms with Crippen LogP contribution in [-0.4, -0.2) is 15.1 Å². The molecule has 9 heteroatoms. The molecule has 16 heavy (non-hydrogen) atoms. The first-order chi connectivity index (χ1) is 7.34. The van der Waals surface area contributed by atoms with E-state index in [1.165, 1.54) is 0 Å². The molecule has 0 unspecified atom stereocenters. The molecule has 1 aromatic rings. The number of carbonyl (C=O) groups excluding carboxylic acids is 1. The minimum atomic E-state index is -3.28. The van der Waals surface area contributed by atoms with Crippen LogP contribution in [0.1, 0.15) is 22.5 Å². The average Bonchev–Trinajstić information content (AvgIpc) is 2.15. The number of alkyl halides is 2. The van der Waals surface area contributed by atoms with E-state index in [2.05, 4.69) is 4.98 Å². The van der Waals surface area contributed by atoms with Gasteiger partial charge in [-0.15, -0.1) is 0 Å². The van der Waals surface area contributed by atoms with Gasteiger partial charge in [-0.05, 0) is 27.6 Å². The molecule has 86 valence electrons. The van der Waals surface area contributed by atoms with Crippen LogP contribution >= 0.6 is 11.6 Å². The van der Waals surface area contributed by atoms with Crippen molar-refractivity contribution >= 4 is 22.7 Å². The van der Waals surface area contributed by atoms with Crippen molar-refractivity contribution in [2.75, 3.05) is 0 Å². The highest BCUT2D eigenvalue weighted by molar-refractivity contribution is 6.67. The molecular weight excluding hydrogens is 253 g/mol. The van der Waals surface area contributed by atoms with Gasteiger partial charge >= 0.3 is 5.82 Å². The highest BCUT2D eigenvalue weighted by atomic mass is 35.5. The van der Waals surface area contributed by atoms with E-state index in [0.29, 0.717) is 0 Å². The molecule has 0 saturated carbocycles. The molecule has 0 saturated heterocycles. The third-order valence-corrected chi connectivity index (χ3v) is 1.76. The summed E-state index contributed by atoms with van der Waals surface area (Å²) in [6.45, 7) is 0. The number of hydrogen-bond acceptors (Lipinski definition) is 4. The molecule has 1 aromatic heterocycles. The summed E-state index contributed by atoms with van der Waals surface area (Å²) < 4.78 is 37.5. The van der Waals surface area contributed by atoms with Crippen molar-refractivity contribution in [3.8, 4) is 0 Å². The van der Waals surface area contributed by atoms with Gasteiger partial charge < -0.3 is 10.1 Å². The van der Waals surface area contributed by atoms with Crippen molar-refractivity contribution < 1.29 is 22.9 Å². The Balaban J connectivity index is 3.49. The van der Waals surface area contributed by atoms with Crippen LogP contribution in [0.25, 0.3) is 0 Å². The van der Waals surface area contributed by atoms with Crippen molar-refractivity contribution in [1.82, 2.24) is 4.98 Å². The molecule has 0 spiro atoms. The maximum absolute atomic E-state index is 13.0. The van der Waals surface area contributed by atoms with Crippen LogP contribution in [0.4, 0.5) is 19.0 Å². The molecular formula is C7H2ClF3N2O3. The Morgan fingerprint density at radius 1 is 1.56 bits per heavy atom. The maximum Gasteiger partial charge on any atom is 0.373 e. The zero-order valence-electron chi connectivity index (χ0n) is 7.29. The van der Waals surface area contributed by atoms with Gasteiger partial charge in [0, 0.05) is 0 Å². The number of nitrogens with zero attached hydrogens (tertiary/aromatic N) is 2. The van der Waals surface area contributed by atoms with Crippen molar-refractivity contribution in [3.05, 3.63) is 33.3 Å². The van der Waals surface area contributed by atoms with Gasteiger partial charge in [-0.2, -0.15) is 0 Å². The fraction of sp³-hybridized carbons (Fsp3) is 0.143. The highest BCUT2D eigenvalue weighted by Gasteiger charge is 2.29. The summed E-state index contributed by atoms with van der Waals surface area (Å²) in [5.74, 6) is -2.72. The molecule has 0 aliphatic carbocycles. The Kier molecular flexibility index (Phi) is 3.43. The standard InChI is InChI=1S/C7H2ClF3N2O3/c8-5(14)4-3(9)1-2(6(10)11)7(12-4)13(15)16/h1,6H. The number of halogens is 4. The van der Waals surface area contributed by atoms with Gasteiger partial charge in [0.2, 0.25) is 0 Å². The van der Waals surface area contributed by atoms with Crippen LogP contribution in [-0.2, 0) is 0 Å². The number of hydrogen-bond donors (Lipinski definition) is 0. The number of carbonyl (C=O) groups is 1. The van der Waals surface area contributed by atoms with Crippen molar-refractivity contribution in [2.24, 2.45) is 0 Å². The van der Waals surface area contributed by atoms with Crippen molar-refractivity contribution in [2.45, 2.75) is 6.43 Å². The molecule has 0 aromatic carbocycles. The van der Waals surface area contributed by atoms with Crippen LogP contribution in [0.5, 0.6) is 0 Å². The second-order valence-corrected chi connectivity index (χ2v) is 2.91. The van der Waals surface area contributed by atoms with Gasteiger partial charge in [0.05, 0.1) is 0 Å². The largest absolute Gasteiger partial charge is 0.373 e. The van der Waals surface area contributed by atoms with Gasteiger partial charge in [-0.1, -0.05) is 0 Å². The van der Waals surface area contributed by atoms with Crippen molar-refractivity contribution in [3.63, 3.8) is 0 Å². The van der Waals surface area contributed by atoms with Gasteiger partial charge in [-0.25, -0.2) is 13.2 Å². The summed E-state index contributed by atoms with van der Waals surface area (Å²) in [6.07, 6.45) is -3.28. The molecule has 0 aliphatic heterocycles. The normalized spacial score (nSPS) is 10.6. The molecule has 0 bridgehead atoms. The van der Waals surface area contributed by atoms with E-state index in [1.807, 2.05) is 0 Å². The quantitative estimate of drug-likeness (QED) is 0.472. The lowest BCUT2D eigenvalue weighted by molar-refractivity contribution is -0.391. The zero-order valence-corrected chi connectivity index (χ0v) is 8.04. The summed E-state index contributed by atoms with van der Waals surface area (Å²) in [5.41, 5.74) is -2.26. The van der Waals surface area contributed by atoms with E-state index in [4.69, 9.17) is 11.6 Å². The number of nitro groups is 1. The number of pyridine rings is 1. The average molecular weight is 255 g/mol. The molecule has 1 heterocycles. The topological polar surface area (TPSA) is 73.1 Å². The second kappa shape index (κ2) is 4.44. The fourth-order valence-electron chi connectivity index (χ4n) is 0.938. The van der Waals surface area contributed by atoms with Gasteiger partial charge in [0.25, 0.3) is 17.4 Å². The first kappa shape index (κ1) is 12.4. The molecule has 0 amide bonds. The van der Waals surface area contributed by atoms with Crippen LogP contribution in [0.15, 0.2) is 6.07 Å². The minimum Gasteiger partial charge on any atom is -0.358 e.